The third-order valence-electron chi connectivity index (χ3n) is 4.41. The van der Waals surface area contributed by atoms with Gasteiger partial charge in [-0.1, -0.05) is 24.3 Å². The monoisotopic (exact) mass is 456 g/mol. The number of thioether (sulfide) groups is 1. The maximum Gasteiger partial charge on any atom is 0.264 e. The van der Waals surface area contributed by atoms with Crippen LogP contribution in [0, 0.1) is 20.8 Å². The van der Waals surface area contributed by atoms with Crippen molar-refractivity contribution < 1.29 is 13.2 Å². The molecule has 1 amide bonds. The number of sulfonamides is 1. The summed E-state index contributed by atoms with van der Waals surface area (Å²) in [7, 11) is -3.83. The number of nitrogens with zero attached hydrogens (tertiary/aromatic N) is 2. The van der Waals surface area contributed by atoms with E-state index in [2.05, 4.69) is 26.1 Å². The molecule has 1 heterocycles. The van der Waals surface area contributed by atoms with Gasteiger partial charge in [0.25, 0.3) is 10.0 Å². The molecule has 3 rings (SSSR count). The molecule has 0 atom stereocenters. The highest BCUT2D eigenvalue weighted by Gasteiger charge is 2.16. The molecule has 2 N–H and O–H groups in total. The van der Waals surface area contributed by atoms with Crippen LogP contribution in [0.4, 0.5) is 11.6 Å². The summed E-state index contributed by atoms with van der Waals surface area (Å²) in [4.78, 5) is 20.4. The Bertz CT molecular complexity index is 1160. The van der Waals surface area contributed by atoms with Crippen LogP contribution in [0.25, 0.3) is 0 Å². The zero-order valence-electron chi connectivity index (χ0n) is 17.5. The minimum absolute atomic E-state index is 0.0283. The fourth-order valence-electron chi connectivity index (χ4n) is 2.89. The largest absolute Gasteiger partial charge is 0.325 e. The summed E-state index contributed by atoms with van der Waals surface area (Å²) in [5.41, 5.74) is 4.28. The first kappa shape index (κ1) is 22.8. The van der Waals surface area contributed by atoms with Gasteiger partial charge < -0.3 is 5.32 Å². The number of carbonyl (C=O) groups excluding carboxylic acids is 1. The van der Waals surface area contributed by atoms with E-state index in [1.54, 1.807) is 32.0 Å². The molecular weight excluding hydrogens is 432 g/mol. The maximum atomic E-state index is 12.6. The quantitative estimate of drug-likeness (QED) is 0.530. The molecule has 0 aliphatic carbocycles. The Labute approximate surface area is 186 Å². The molecule has 3 aromatic rings. The number of benzene rings is 2. The standard InChI is InChI=1S/C22H24N4O3S2/c1-15-6-4-5-7-18(15)13-30-14-21(27)25-19-8-10-20(11-9-19)31(28,29)26-22-23-16(2)12-17(3)24-22/h4-12H,13-14H2,1-3H3,(H,25,27)(H,23,24,26). The summed E-state index contributed by atoms with van der Waals surface area (Å²) in [5.74, 6) is 0.945. The van der Waals surface area contributed by atoms with Crippen LogP contribution < -0.4 is 10.0 Å². The molecule has 1 aromatic heterocycles. The number of hydrogen-bond acceptors (Lipinski definition) is 6. The van der Waals surface area contributed by atoms with Crippen LogP contribution in [0.1, 0.15) is 22.5 Å². The van der Waals surface area contributed by atoms with Gasteiger partial charge in [0, 0.05) is 22.8 Å². The smallest absolute Gasteiger partial charge is 0.264 e. The van der Waals surface area contributed by atoms with Crippen molar-refractivity contribution in [3.63, 3.8) is 0 Å². The van der Waals surface area contributed by atoms with Crippen molar-refractivity contribution in [1.82, 2.24) is 9.97 Å². The number of rotatable bonds is 8. The van der Waals surface area contributed by atoms with E-state index in [4.69, 9.17) is 0 Å². The summed E-state index contributed by atoms with van der Waals surface area (Å²) >= 11 is 1.53. The zero-order valence-corrected chi connectivity index (χ0v) is 19.2. The molecule has 7 nitrogen and oxygen atoms in total. The lowest BCUT2D eigenvalue weighted by atomic mass is 10.1. The number of aromatic nitrogens is 2. The van der Waals surface area contributed by atoms with Crippen LogP contribution >= 0.6 is 11.8 Å². The van der Waals surface area contributed by atoms with E-state index in [1.165, 1.54) is 35.0 Å². The molecule has 0 fully saturated rings. The third-order valence-corrected chi connectivity index (χ3v) is 6.73. The molecule has 0 aliphatic heterocycles. The fraction of sp³-hybridized carbons (Fsp3) is 0.227. The van der Waals surface area contributed by atoms with Crippen LogP contribution in [-0.2, 0) is 20.6 Å². The zero-order chi connectivity index (χ0) is 22.4. The average Bonchev–Trinajstić information content (AvgIpc) is 2.69. The van der Waals surface area contributed by atoms with Gasteiger partial charge in [-0.2, -0.15) is 0 Å². The summed E-state index contributed by atoms with van der Waals surface area (Å²) < 4.78 is 27.5. The average molecular weight is 457 g/mol. The van der Waals surface area contributed by atoms with E-state index in [-0.39, 0.29) is 16.8 Å². The van der Waals surface area contributed by atoms with Crippen molar-refractivity contribution in [2.45, 2.75) is 31.4 Å². The van der Waals surface area contributed by atoms with E-state index in [1.807, 2.05) is 25.1 Å². The number of aryl methyl sites for hydroxylation is 3. The van der Waals surface area contributed by atoms with E-state index < -0.39 is 10.0 Å². The number of anilines is 2. The topological polar surface area (TPSA) is 101 Å². The maximum absolute atomic E-state index is 12.6. The third kappa shape index (κ3) is 6.53. The normalized spacial score (nSPS) is 11.2. The molecule has 0 aliphatic rings. The van der Waals surface area contributed by atoms with Gasteiger partial charge in [0.1, 0.15) is 0 Å². The first-order valence-electron chi connectivity index (χ1n) is 9.60. The number of hydrogen-bond donors (Lipinski definition) is 2. The number of nitrogens with one attached hydrogen (secondary N) is 2. The van der Waals surface area contributed by atoms with Gasteiger partial charge in [-0.3, -0.25) is 4.79 Å². The second-order valence-corrected chi connectivity index (χ2v) is 9.74. The van der Waals surface area contributed by atoms with Gasteiger partial charge in [0.05, 0.1) is 10.6 Å². The lowest BCUT2D eigenvalue weighted by Gasteiger charge is -2.10. The predicted molar refractivity (Wildman–Crippen MR) is 125 cm³/mol. The Morgan fingerprint density at radius 1 is 0.968 bits per heavy atom. The molecule has 0 unspecified atom stereocenters. The summed E-state index contributed by atoms with van der Waals surface area (Å²) in [5, 5.41) is 2.79. The molecule has 0 bridgehead atoms. The van der Waals surface area contributed by atoms with Crippen molar-refractivity contribution in [2.24, 2.45) is 0 Å². The van der Waals surface area contributed by atoms with Crippen molar-refractivity contribution in [3.05, 3.63) is 77.1 Å². The van der Waals surface area contributed by atoms with Gasteiger partial charge in [-0.25, -0.2) is 23.1 Å². The molecule has 2 aromatic carbocycles. The highest BCUT2D eigenvalue weighted by molar-refractivity contribution is 7.99. The first-order valence-corrected chi connectivity index (χ1v) is 12.2. The lowest BCUT2D eigenvalue weighted by molar-refractivity contribution is -0.113. The Morgan fingerprint density at radius 3 is 2.26 bits per heavy atom. The molecule has 0 radical (unpaired) electrons. The molecule has 31 heavy (non-hydrogen) atoms. The highest BCUT2D eigenvalue weighted by Crippen LogP contribution is 2.19. The van der Waals surface area contributed by atoms with E-state index in [0.29, 0.717) is 22.8 Å². The van der Waals surface area contributed by atoms with E-state index in [0.717, 1.165) is 5.75 Å². The lowest BCUT2D eigenvalue weighted by Crippen LogP contribution is -2.16. The summed E-state index contributed by atoms with van der Waals surface area (Å²) in [6.45, 7) is 5.58. The van der Waals surface area contributed by atoms with Crippen LogP contribution in [0.3, 0.4) is 0 Å². The van der Waals surface area contributed by atoms with Crippen LogP contribution in [0.5, 0.6) is 0 Å². The second kappa shape index (κ2) is 9.93. The molecule has 0 saturated carbocycles. The fourth-order valence-corrected chi connectivity index (χ4v) is 4.74. The highest BCUT2D eigenvalue weighted by atomic mass is 32.2. The van der Waals surface area contributed by atoms with Crippen LogP contribution in [0.15, 0.2) is 59.5 Å². The van der Waals surface area contributed by atoms with Gasteiger partial charge >= 0.3 is 0 Å². The number of amides is 1. The summed E-state index contributed by atoms with van der Waals surface area (Å²) in [6.07, 6.45) is 0. The molecule has 9 heteroatoms. The molecule has 0 spiro atoms. The Hall–Kier alpha value is -2.91. The minimum Gasteiger partial charge on any atom is -0.325 e. The molecular formula is C22H24N4O3S2. The second-order valence-electron chi connectivity index (χ2n) is 7.07. The Morgan fingerprint density at radius 2 is 1.61 bits per heavy atom. The van der Waals surface area contributed by atoms with Crippen molar-refractivity contribution in [3.8, 4) is 0 Å². The Kier molecular flexibility index (Phi) is 7.29. The van der Waals surface area contributed by atoms with Crippen LogP contribution in [-0.4, -0.2) is 30.0 Å². The first-order chi connectivity index (χ1) is 14.7. The van der Waals surface area contributed by atoms with Crippen molar-refractivity contribution >= 4 is 39.3 Å². The van der Waals surface area contributed by atoms with Gasteiger partial charge in [0.15, 0.2) is 0 Å². The van der Waals surface area contributed by atoms with E-state index in [9.17, 15) is 13.2 Å². The van der Waals surface area contributed by atoms with Crippen molar-refractivity contribution in [2.75, 3.05) is 15.8 Å². The van der Waals surface area contributed by atoms with Gasteiger partial charge in [-0.05, 0) is 62.2 Å². The Balaban J connectivity index is 1.56. The van der Waals surface area contributed by atoms with Gasteiger partial charge in [0.2, 0.25) is 11.9 Å². The SMILES string of the molecule is Cc1cc(C)nc(NS(=O)(=O)c2ccc(NC(=O)CSCc3ccccc3C)cc2)n1. The molecule has 0 saturated heterocycles. The summed E-state index contributed by atoms with van der Waals surface area (Å²) in [6, 6.07) is 15.8. The van der Waals surface area contributed by atoms with E-state index >= 15 is 0 Å². The van der Waals surface area contributed by atoms with Gasteiger partial charge in [-0.15, -0.1) is 11.8 Å². The van der Waals surface area contributed by atoms with Crippen molar-refractivity contribution in [1.29, 1.82) is 0 Å². The predicted octanol–water partition coefficient (Wildman–Crippen LogP) is 4.07. The van der Waals surface area contributed by atoms with Crippen LogP contribution in [0.2, 0.25) is 0 Å². The minimum atomic E-state index is -3.83. The number of carbonyl (C=O) groups is 1. The molecule has 162 valence electrons.